The van der Waals surface area contributed by atoms with Gasteiger partial charge in [-0.1, -0.05) is 6.07 Å². The van der Waals surface area contributed by atoms with Crippen molar-refractivity contribution in [1.82, 2.24) is 9.38 Å². The van der Waals surface area contributed by atoms with Crippen LogP contribution in [0, 0.1) is 6.92 Å². The van der Waals surface area contributed by atoms with Crippen molar-refractivity contribution < 1.29 is 14.3 Å². The molecule has 0 fully saturated rings. The molecule has 1 aromatic carbocycles. The normalized spacial score (nSPS) is 10.6. The number of fused-ring (bicyclic) bond motifs is 1. The minimum absolute atomic E-state index is 0.104. The van der Waals surface area contributed by atoms with Crippen molar-refractivity contribution in [2.24, 2.45) is 0 Å². The smallest absolute Gasteiger partial charge is 0.338 e. The highest BCUT2D eigenvalue weighted by molar-refractivity contribution is 5.92. The fourth-order valence-corrected chi connectivity index (χ4v) is 2.34. The van der Waals surface area contributed by atoms with Crippen LogP contribution >= 0.6 is 0 Å². The predicted octanol–water partition coefficient (Wildman–Crippen LogP) is 2.96. The second-order valence-corrected chi connectivity index (χ2v) is 5.54. The van der Waals surface area contributed by atoms with Crippen molar-refractivity contribution in [3.05, 3.63) is 65.6 Å². The van der Waals surface area contributed by atoms with Crippen molar-refractivity contribution >= 4 is 23.2 Å². The monoisotopic (exact) mass is 323 g/mol. The summed E-state index contributed by atoms with van der Waals surface area (Å²) in [6.45, 7) is 3.54. The Balaban J connectivity index is 1.64. The van der Waals surface area contributed by atoms with Gasteiger partial charge >= 0.3 is 5.97 Å². The number of carbonyl (C=O) groups is 2. The molecule has 24 heavy (non-hydrogen) atoms. The number of nitrogens with zero attached hydrogens (tertiary/aromatic N) is 2. The molecule has 6 nitrogen and oxygen atoms in total. The second kappa shape index (κ2) is 6.54. The number of amides is 1. The van der Waals surface area contributed by atoms with Gasteiger partial charge in [-0.25, -0.2) is 9.78 Å². The Kier molecular flexibility index (Phi) is 4.29. The Morgan fingerprint density at radius 3 is 2.58 bits per heavy atom. The molecule has 2 heterocycles. The Morgan fingerprint density at radius 1 is 1.12 bits per heavy atom. The molecule has 0 unspecified atom stereocenters. The van der Waals surface area contributed by atoms with Crippen molar-refractivity contribution in [3.8, 4) is 0 Å². The molecule has 122 valence electrons. The predicted molar refractivity (Wildman–Crippen MR) is 89.8 cm³/mol. The summed E-state index contributed by atoms with van der Waals surface area (Å²) in [7, 11) is 0. The van der Waals surface area contributed by atoms with Crippen LogP contribution in [0.1, 0.15) is 28.5 Å². The molecule has 3 rings (SSSR count). The highest BCUT2D eigenvalue weighted by atomic mass is 16.5. The molecule has 0 spiro atoms. The van der Waals surface area contributed by atoms with Crippen LogP contribution in [-0.2, 0) is 16.1 Å². The van der Waals surface area contributed by atoms with Crippen molar-refractivity contribution in [2.75, 3.05) is 5.32 Å². The third-order valence-electron chi connectivity index (χ3n) is 3.44. The number of aromatic nitrogens is 2. The zero-order chi connectivity index (χ0) is 17.1. The molecule has 0 bridgehead atoms. The third kappa shape index (κ3) is 3.60. The lowest BCUT2D eigenvalue weighted by molar-refractivity contribution is -0.114. The van der Waals surface area contributed by atoms with E-state index in [-0.39, 0.29) is 12.5 Å². The first-order chi connectivity index (χ1) is 11.5. The lowest BCUT2D eigenvalue weighted by Gasteiger charge is -2.05. The van der Waals surface area contributed by atoms with Crippen molar-refractivity contribution in [2.45, 2.75) is 20.5 Å². The van der Waals surface area contributed by atoms with Crippen molar-refractivity contribution in [3.63, 3.8) is 0 Å². The topological polar surface area (TPSA) is 72.7 Å². The van der Waals surface area contributed by atoms with E-state index in [0.717, 1.165) is 11.2 Å². The van der Waals surface area contributed by atoms with Crippen LogP contribution in [0.4, 0.5) is 5.69 Å². The molecule has 0 aliphatic rings. The first kappa shape index (κ1) is 15.7. The van der Waals surface area contributed by atoms with E-state index in [1.807, 2.05) is 35.9 Å². The van der Waals surface area contributed by atoms with Gasteiger partial charge < -0.3 is 14.5 Å². The van der Waals surface area contributed by atoms with E-state index < -0.39 is 5.97 Å². The molecule has 0 aliphatic heterocycles. The molecular weight excluding hydrogens is 306 g/mol. The molecule has 3 aromatic rings. The SMILES string of the molecule is CC(=O)Nc1ccc(C(=O)OCc2cn3cc(C)ccc3n2)cc1. The second-order valence-electron chi connectivity index (χ2n) is 5.54. The van der Waals surface area contributed by atoms with Crippen LogP contribution in [0.25, 0.3) is 5.65 Å². The number of hydrogen-bond acceptors (Lipinski definition) is 4. The van der Waals surface area contributed by atoms with E-state index >= 15 is 0 Å². The molecule has 2 aromatic heterocycles. The molecule has 1 amide bonds. The van der Waals surface area contributed by atoms with Gasteiger partial charge in [-0.15, -0.1) is 0 Å². The summed E-state index contributed by atoms with van der Waals surface area (Å²) in [5, 5.41) is 2.64. The minimum atomic E-state index is -0.433. The largest absolute Gasteiger partial charge is 0.456 e. The molecule has 0 radical (unpaired) electrons. The lowest BCUT2D eigenvalue weighted by Crippen LogP contribution is -2.07. The first-order valence-corrected chi connectivity index (χ1v) is 7.50. The number of anilines is 1. The van der Waals surface area contributed by atoms with Gasteiger partial charge in [0.2, 0.25) is 5.91 Å². The molecule has 6 heteroatoms. The van der Waals surface area contributed by atoms with Crippen molar-refractivity contribution in [1.29, 1.82) is 0 Å². The minimum Gasteiger partial charge on any atom is -0.456 e. The number of ether oxygens (including phenoxy) is 1. The summed E-state index contributed by atoms with van der Waals surface area (Å²) < 4.78 is 7.20. The van der Waals surface area contributed by atoms with Crippen LogP contribution in [0.15, 0.2) is 48.8 Å². The van der Waals surface area contributed by atoms with Gasteiger partial charge in [-0.05, 0) is 42.8 Å². The first-order valence-electron chi connectivity index (χ1n) is 7.50. The summed E-state index contributed by atoms with van der Waals surface area (Å²) in [6, 6.07) is 10.4. The lowest BCUT2D eigenvalue weighted by atomic mass is 10.2. The van der Waals surface area contributed by atoms with Gasteiger partial charge in [-0.2, -0.15) is 0 Å². The fraction of sp³-hybridized carbons (Fsp3) is 0.167. The Hall–Kier alpha value is -3.15. The Bertz CT molecular complexity index is 898. The number of pyridine rings is 1. The van der Waals surface area contributed by atoms with Gasteiger partial charge in [0, 0.05) is 25.0 Å². The van der Waals surface area contributed by atoms with Gasteiger partial charge in [0.25, 0.3) is 0 Å². The van der Waals surface area contributed by atoms with Crippen LogP contribution in [0.3, 0.4) is 0 Å². The maximum absolute atomic E-state index is 12.1. The van der Waals surface area contributed by atoms with Gasteiger partial charge in [0.05, 0.1) is 11.3 Å². The zero-order valence-corrected chi connectivity index (χ0v) is 13.4. The summed E-state index contributed by atoms with van der Waals surface area (Å²) in [5.74, 6) is -0.593. The highest BCUT2D eigenvalue weighted by Crippen LogP contribution is 2.12. The highest BCUT2D eigenvalue weighted by Gasteiger charge is 2.09. The summed E-state index contributed by atoms with van der Waals surface area (Å²) >= 11 is 0. The summed E-state index contributed by atoms with van der Waals surface area (Å²) in [4.78, 5) is 27.5. The number of nitrogens with one attached hydrogen (secondary N) is 1. The molecule has 0 saturated heterocycles. The molecule has 0 atom stereocenters. The van der Waals surface area contributed by atoms with Gasteiger partial charge in [0.1, 0.15) is 12.3 Å². The van der Waals surface area contributed by atoms with Gasteiger partial charge in [-0.3, -0.25) is 4.79 Å². The number of hydrogen-bond donors (Lipinski definition) is 1. The van der Waals surface area contributed by atoms with Crippen LogP contribution < -0.4 is 5.32 Å². The average molecular weight is 323 g/mol. The Morgan fingerprint density at radius 2 is 1.88 bits per heavy atom. The van der Waals surface area contributed by atoms with Crippen LogP contribution in [0.5, 0.6) is 0 Å². The number of esters is 1. The van der Waals surface area contributed by atoms with E-state index in [9.17, 15) is 9.59 Å². The number of imidazole rings is 1. The summed E-state index contributed by atoms with van der Waals surface area (Å²) in [6.07, 6.45) is 3.81. The van der Waals surface area contributed by atoms with E-state index in [1.165, 1.54) is 6.92 Å². The van der Waals surface area contributed by atoms with Gasteiger partial charge in [0.15, 0.2) is 0 Å². The molecule has 0 aliphatic carbocycles. The van der Waals surface area contributed by atoms with E-state index in [4.69, 9.17) is 4.74 Å². The quantitative estimate of drug-likeness (QED) is 0.749. The van der Waals surface area contributed by atoms with Crippen LogP contribution in [-0.4, -0.2) is 21.3 Å². The number of benzene rings is 1. The van der Waals surface area contributed by atoms with Crippen LogP contribution in [0.2, 0.25) is 0 Å². The number of carbonyl (C=O) groups excluding carboxylic acids is 2. The molecular formula is C18H17N3O3. The zero-order valence-electron chi connectivity index (χ0n) is 13.4. The molecule has 0 saturated carbocycles. The number of rotatable bonds is 4. The average Bonchev–Trinajstić information content (AvgIpc) is 2.94. The maximum atomic E-state index is 12.1. The summed E-state index contributed by atoms with van der Waals surface area (Å²) in [5.41, 5.74) is 3.68. The third-order valence-corrected chi connectivity index (χ3v) is 3.44. The Labute approximate surface area is 139 Å². The maximum Gasteiger partial charge on any atom is 0.338 e. The van der Waals surface area contributed by atoms with E-state index in [2.05, 4.69) is 10.3 Å². The number of aryl methyl sites for hydroxylation is 1. The fourth-order valence-electron chi connectivity index (χ4n) is 2.34. The van der Waals surface area contributed by atoms with E-state index in [0.29, 0.717) is 16.9 Å². The molecule has 1 N–H and O–H groups in total. The van der Waals surface area contributed by atoms with E-state index in [1.54, 1.807) is 24.3 Å². The standard InChI is InChI=1S/C18H17N3O3/c1-12-3-8-17-20-16(10-21(17)9-12)11-24-18(23)14-4-6-15(7-5-14)19-13(2)22/h3-10H,11H2,1-2H3,(H,19,22).